The summed E-state index contributed by atoms with van der Waals surface area (Å²) in [5.74, 6) is 0.829. The summed E-state index contributed by atoms with van der Waals surface area (Å²) in [6.45, 7) is 2.96. The van der Waals surface area contributed by atoms with E-state index in [9.17, 15) is 18.0 Å². The van der Waals surface area contributed by atoms with Crippen molar-refractivity contribution in [2.24, 2.45) is 0 Å². The highest BCUT2D eigenvalue weighted by molar-refractivity contribution is 7.89. The second kappa shape index (κ2) is 13.5. The van der Waals surface area contributed by atoms with Gasteiger partial charge < -0.3 is 28.8 Å². The smallest absolute Gasteiger partial charge is 0.261 e. The summed E-state index contributed by atoms with van der Waals surface area (Å²) in [5, 5.41) is 2.79. The van der Waals surface area contributed by atoms with E-state index in [1.54, 1.807) is 38.3 Å². The predicted octanol–water partition coefficient (Wildman–Crippen LogP) is 2.42. The summed E-state index contributed by atoms with van der Waals surface area (Å²) in [6, 6.07) is 15.8. The van der Waals surface area contributed by atoms with E-state index in [-0.39, 0.29) is 30.5 Å². The van der Waals surface area contributed by atoms with Gasteiger partial charge in [0.15, 0.2) is 6.61 Å². The highest BCUT2D eigenvalue weighted by Gasteiger charge is 2.28. The molecule has 1 aromatic heterocycles. The number of carbonyl (C=O) groups is 2. The zero-order chi connectivity index (χ0) is 28.5. The average molecular weight is 572 g/mol. The van der Waals surface area contributed by atoms with Gasteiger partial charge in [0, 0.05) is 19.6 Å². The second-order valence-corrected chi connectivity index (χ2v) is 11.1. The predicted molar refractivity (Wildman–Crippen MR) is 145 cm³/mol. The van der Waals surface area contributed by atoms with Crippen molar-refractivity contribution in [1.29, 1.82) is 0 Å². The van der Waals surface area contributed by atoms with Crippen molar-refractivity contribution >= 4 is 21.8 Å². The molecular weight excluding hydrogens is 538 g/mol. The Morgan fingerprint density at radius 2 is 1.70 bits per heavy atom. The minimum atomic E-state index is -3.64. The minimum Gasteiger partial charge on any atom is -0.497 e. The molecule has 214 valence electrons. The Morgan fingerprint density at radius 3 is 2.33 bits per heavy atom. The lowest BCUT2D eigenvalue weighted by atomic mass is 10.1. The van der Waals surface area contributed by atoms with Crippen LogP contribution in [0.2, 0.25) is 0 Å². The van der Waals surface area contributed by atoms with E-state index in [0.717, 1.165) is 5.56 Å². The summed E-state index contributed by atoms with van der Waals surface area (Å²) < 4.78 is 48.5. The fourth-order valence-corrected chi connectivity index (χ4v) is 5.53. The molecule has 11 nitrogen and oxygen atoms in total. The maximum atomic E-state index is 13.3. The molecule has 0 bridgehead atoms. The minimum absolute atomic E-state index is 0.135. The van der Waals surface area contributed by atoms with Crippen LogP contribution in [0, 0.1) is 0 Å². The molecule has 3 aromatic rings. The standard InChI is InChI=1S/C28H33N3O8S/c1-21(28(33)29-18-25-4-3-15-38-25)31(19-22-5-7-23(36-2)8-6-22)27(32)20-39-24-9-11-26(12-10-24)40(34,35)30-13-16-37-17-14-30/h3-12,15,21H,13-14,16-20H2,1-2H3,(H,29,33)/t21-/m1/s1. The number of carbonyl (C=O) groups excluding carboxylic acids is 2. The summed E-state index contributed by atoms with van der Waals surface area (Å²) in [7, 11) is -2.08. The van der Waals surface area contributed by atoms with E-state index in [1.807, 2.05) is 12.1 Å². The van der Waals surface area contributed by atoms with E-state index in [4.69, 9.17) is 18.6 Å². The molecule has 2 heterocycles. The Balaban J connectivity index is 1.42. The molecule has 0 saturated carbocycles. The molecule has 2 amide bonds. The van der Waals surface area contributed by atoms with Gasteiger partial charge >= 0.3 is 0 Å². The van der Waals surface area contributed by atoms with E-state index in [2.05, 4.69) is 5.32 Å². The first-order valence-corrected chi connectivity index (χ1v) is 14.2. The molecule has 0 aliphatic carbocycles. The first-order valence-electron chi connectivity index (χ1n) is 12.8. The molecule has 4 rings (SSSR count). The van der Waals surface area contributed by atoms with Gasteiger partial charge in [-0.3, -0.25) is 9.59 Å². The lowest BCUT2D eigenvalue weighted by Crippen LogP contribution is -2.48. The van der Waals surface area contributed by atoms with Crippen molar-refractivity contribution < 1.29 is 36.6 Å². The summed E-state index contributed by atoms with van der Waals surface area (Å²) in [6.07, 6.45) is 1.52. The number of methoxy groups -OCH3 is 1. The summed E-state index contributed by atoms with van der Waals surface area (Å²) in [4.78, 5) is 27.8. The van der Waals surface area contributed by atoms with Gasteiger partial charge in [0.2, 0.25) is 15.9 Å². The van der Waals surface area contributed by atoms with Crippen LogP contribution in [0.3, 0.4) is 0 Å². The van der Waals surface area contributed by atoms with Crippen LogP contribution in [0.15, 0.2) is 76.2 Å². The molecule has 0 radical (unpaired) electrons. The SMILES string of the molecule is COc1ccc(CN(C(=O)COc2ccc(S(=O)(=O)N3CCOCC3)cc2)[C@H](C)C(=O)NCc2ccco2)cc1. The average Bonchev–Trinajstić information content (AvgIpc) is 3.52. The summed E-state index contributed by atoms with van der Waals surface area (Å²) >= 11 is 0. The van der Waals surface area contributed by atoms with Crippen molar-refractivity contribution in [1.82, 2.24) is 14.5 Å². The topological polar surface area (TPSA) is 128 Å². The number of morpholine rings is 1. The van der Waals surface area contributed by atoms with Gasteiger partial charge in [-0.15, -0.1) is 0 Å². The number of hydrogen-bond donors (Lipinski definition) is 1. The molecule has 0 unspecified atom stereocenters. The van der Waals surface area contributed by atoms with Crippen LogP contribution >= 0.6 is 0 Å². The number of nitrogens with one attached hydrogen (secondary N) is 1. The number of ether oxygens (including phenoxy) is 3. The lowest BCUT2D eigenvalue weighted by Gasteiger charge is -2.28. The van der Waals surface area contributed by atoms with Gasteiger partial charge in [0.05, 0.1) is 38.0 Å². The van der Waals surface area contributed by atoms with Gasteiger partial charge in [0.1, 0.15) is 23.3 Å². The zero-order valence-electron chi connectivity index (χ0n) is 22.4. The Kier molecular flexibility index (Phi) is 9.80. The van der Waals surface area contributed by atoms with Crippen molar-refractivity contribution in [3.05, 3.63) is 78.3 Å². The lowest BCUT2D eigenvalue weighted by molar-refractivity contribution is -0.142. The van der Waals surface area contributed by atoms with Crippen molar-refractivity contribution in [3.63, 3.8) is 0 Å². The van der Waals surface area contributed by atoms with Gasteiger partial charge in [-0.05, 0) is 61.0 Å². The first kappa shape index (κ1) is 29.1. The number of benzene rings is 2. The van der Waals surface area contributed by atoms with Crippen LogP contribution < -0.4 is 14.8 Å². The fourth-order valence-electron chi connectivity index (χ4n) is 4.12. The first-order chi connectivity index (χ1) is 19.3. The van der Waals surface area contributed by atoms with Crippen LogP contribution in [0.5, 0.6) is 11.5 Å². The molecule has 1 atom stereocenters. The number of nitrogens with zero attached hydrogens (tertiary/aromatic N) is 2. The molecule has 0 spiro atoms. The van der Waals surface area contributed by atoms with Crippen molar-refractivity contribution in [2.75, 3.05) is 40.0 Å². The Morgan fingerprint density at radius 1 is 1.02 bits per heavy atom. The van der Waals surface area contributed by atoms with Crippen LogP contribution in [-0.2, 0) is 37.4 Å². The van der Waals surface area contributed by atoms with E-state index < -0.39 is 22.0 Å². The van der Waals surface area contributed by atoms with Crippen molar-refractivity contribution in [2.45, 2.75) is 31.0 Å². The summed E-state index contributed by atoms with van der Waals surface area (Å²) in [5.41, 5.74) is 0.803. The molecule has 12 heteroatoms. The maximum absolute atomic E-state index is 13.3. The number of rotatable bonds is 12. The van der Waals surface area contributed by atoms with E-state index >= 15 is 0 Å². The van der Waals surface area contributed by atoms with Crippen LogP contribution in [0.4, 0.5) is 0 Å². The third-order valence-corrected chi connectivity index (χ3v) is 8.40. The Labute approximate surface area is 233 Å². The van der Waals surface area contributed by atoms with Crippen LogP contribution in [0.25, 0.3) is 0 Å². The van der Waals surface area contributed by atoms with Gasteiger partial charge in [-0.25, -0.2) is 8.42 Å². The largest absolute Gasteiger partial charge is 0.497 e. The van der Waals surface area contributed by atoms with Crippen LogP contribution in [-0.4, -0.2) is 75.5 Å². The molecule has 1 fully saturated rings. The van der Waals surface area contributed by atoms with E-state index in [1.165, 1.54) is 39.7 Å². The third kappa shape index (κ3) is 7.40. The number of hydrogen-bond acceptors (Lipinski definition) is 8. The van der Waals surface area contributed by atoms with Gasteiger partial charge in [0.25, 0.3) is 5.91 Å². The molecule has 1 saturated heterocycles. The van der Waals surface area contributed by atoms with Gasteiger partial charge in [-0.2, -0.15) is 4.31 Å². The highest BCUT2D eigenvalue weighted by Crippen LogP contribution is 2.21. The Hall–Kier alpha value is -3.87. The maximum Gasteiger partial charge on any atom is 0.261 e. The molecular formula is C28H33N3O8S. The molecule has 1 aliphatic rings. The number of amides is 2. The molecule has 40 heavy (non-hydrogen) atoms. The monoisotopic (exact) mass is 571 g/mol. The second-order valence-electron chi connectivity index (χ2n) is 9.12. The van der Waals surface area contributed by atoms with Gasteiger partial charge in [-0.1, -0.05) is 12.1 Å². The number of sulfonamides is 1. The third-order valence-electron chi connectivity index (χ3n) is 6.49. The quantitative estimate of drug-likeness (QED) is 0.351. The van der Waals surface area contributed by atoms with E-state index in [0.29, 0.717) is 43.6 Å². The number of furan rings is 1. The van der Waals surface area contributed by atoms with Crippen molar-refractivity contribution in [3.8, 4) is 11.5 Å². The fraction of sp³-hybridized carbons (Fsp3) is 0.357. The molecule has 1 N–H and O–H groups in total. The normalized spacial score (nSPS) is 14.8. The molecule has 1 aliphatic heterocycles. The highest BCUT2D eigenvalue weighted by atomic mass is 32.2. The molecule has 2 aromatic carbocycles. The Bertz CT molecular complexity index is 1350. The zero-order valence-corrected chi connectivity index (χ0v) is 23.3. The van der Waals surface area contributed by atoms with Crippen LogP contribution in [0.1, 0.15) is 18.2 Å².